The molecule has 23 heavy (non-hydrogen) atoms. The van der Waals surface area contributed by atoms with Crippen LogP contribution < -0.4 is 11.3 Å². The number of nitrogens with two attached hydrogens (primary N) is 1. The van der Waals surface area contributed by atoms with Crippen LogP contribution in [0.3, 0.4) is 0 Å². The molecule has 0 aliphatic carbocycles. The second kappa shape index (κ2) is 6.73. The minimum absolute atomic E-state index is 0.114. The SMILES string of the molecule is CCOC(=O)n1c(N)c(-c2ccccc2C)c(=O)n1C(C)CC. The minimum Gasteiger partial charge on any atom is -0.448 e. The van der Waals surface area contributed by atoms with Crippen LogP contribution in [-0.2, 0) is 4.74 Å². The van der Waals surface area contributed by atoms with Crippen LogP contribution >= 0.6 is 0 Å². The largest absolute Gasteiger partial charge is 0.448 e. The quantitative estimate of drug-likeness (QED) is 0.939. The van der Waals surface area contributed by atoms with Crippen LogP contribution in [0.15, 0.2) is 29.1 Å². The maximum absolute atomic E-state index is 12.9. The van der Waals surface area contributed by atoms with Gasteiger partial charge in [-0.25, -0.2) is 9.48 Å². The Morgan fingerprint density at radius 3 is 2.52 bits per heavy atom. The summed E-state index contributed by atoms with van der Waals surface area (Å²) >= 11 is 0. The average molecular weight is 317 g/mol. The van der Waals surface area contributed by atoms with Crippen LogP contribution in [-0.4, -0.2) is 22.1 Å². The lowest BCUT2D eigenvalue weighted by Crippen LogP contribution is -2.31. The fourth-order valence-corrected chi connectivity index (χ4v) is 2.58. The van der Waals surface area contributed by atoms with Crippen molar-refractivity contribution >= 4 is 11.9 Å². The van der Waals surface area contributed by atoms with Crippen molar-refractivity contribution in [1.82, 2.24) is 9.36 Å². The van der Waals surface area contributed by atoms with Crippen molar-refractivity contribution in [2.45, 2.75) is 40.2 Å². The first-order chi connectivity index (χ1) is 10.9. The number of rotatable bonds is 4. The van der Waals surface area contributed by atoms with Gasteiger partial charge in [0, 0.05) is 0 Å². The Bertz CT molecular complexity index is 774. The van der Waals surface area contributed by atoms with E-state index in [0.717, 1.165) is 15.8 Å². The van der Waals surface area contributed by atoms with E-state index in [0.29, 0.717) is 12.0 Å². The van der Waals surface area contributed by atoms with Crippen molar-refractivity contribution in [2.24, 2.45) is 0 Å². The molecule has 1 aromatic heterocycles. The van der Waals surface area contributed by atoms with Crippen molar-refractivity contribution in [3.05, 3.63) is 40.2 Å². The van der Waals surface area contributed by atoms with Crippen LogP contribution in [0.2, 0.25) is 0 Å². The predicted octanol–water partition coefficient (Wildman–Crippen LogP) is 3.18. The Morgan fingerprint density at radius 1 is 1.30 bits per heavy atom. The summed E-state index contributed by atoms with van der Waals surface area (Å²) in [5.41, 5.74) is 7.89. The summed E-state index contributed by atoms with van der Waals surface area (Å²) in [4.78, 5) is 25.2. The van der Waals surface area contributed by atoms with Crippen LogP contribution in [0.25, 0.3) is 11.1 Å². The van der Waals surface area contributed by atoms with E-state index in [1.165, 1.54) is 4.68 Å². The van der Waals surface area contributed by atoms with E-state index in [2.05, 4.69) is 0 Å². The van der Waals surface area contributed by atoms with Gasteiger partial charge in [0.15, 0.2) is 0 Å². The molecule has 0 fully saturated rings. The lowest BCUT2D eigenvalue weighted by Gasteiger charge is -2.16. The maximum Gasteiger partial charge on any atom is 0.435 e. The van der Waals surface area contributed by atoms with Crippen molar-refractivity contribution in [2.75, 3.05) is 12.3 Å². The number of hydrogen-bond acceptors (Lipinski definition) is 4. The fraction of sp³-hybridized carbons (Fsp3) is 0.412. The van der Waals surface area contributed by atoms with E-state index >= 15 is 0 Å². The van der Waals surface area contributed by atoms with E-state index < -0.39 is 6.09 Å². The Labute approximate surface area is 135 Å². The molecule has 6 heteroatoms. The molecule has 2 rings (SSSR count). The molecule has 1 heterocycles. The van der Waals surface area contributed by atoms with Gasteiger partial charge in [-0.15, -0.1) is 0 Å². The summed E-state index contributed by atoms with van der Waals surface area (Å²) in [5, 5.41) is 0. The predicted molar refractivity (Wildman–Crippen MR) is 90.7 cm³/mol. The monoisotopic (exact) mass is 317 g/mol. The minimum atomic E-state index is -0.637. The number of nitrogens with zero attached hydrogens (tertiary/aromatic N) is 2. The lowest BCUT2D eigenvalue weighted by molar-refractivity contribution is 0.144. The van der Waals surface area contributed by atoms with E-state index in [1.54, 1.807) is 6.92 Å². The zero-order valence-corrected chi connectivity index (χ0v) is 14.0. The van der Waals surface area contributed by atoms with Crippen molar-refractivity contribution < 1.29 is 9.53 Å². The first kappa shape index (κ1) is 16.9. The smallest absolute Gasteiger partial charge is 0.435 e. The van der Waals surface area contributed by atoms with Gasteiger partial charge in [0.05, 0.1) is 18.2 Å². The van der Waals surface area contributed by atoms with Gasteiger partial charge in [-0.1, -0.05) is 31.2 Å². The number of nitrogen functional groups attached to an aromatic ring is 1. The lowest BCUT2D eigenvalue weighted by atomic mass is 10.0. The number of carbonyl (C=O) groups excluding carboxylic acids is 1. The number of carbonyl (C=O) groups is 1. The first-order valence-electron chi connectivity index (χ1n) is 7.80. The van der Waals surface area contributed by atoms with Crippen LogP contribution in [0.4, 0.5) is 10.6 Å². The van der Waals surface area contributed by atoms with E-state index in [4.69, 9.17) is 10.5 Å². The molecule has 1 unspecified atom stereocenters. The highest BCUT2D eigenvalue weighted by molar-refractivity contribution is 5.83. The molecule has 124 valence electrons. The van der Waals surface area contributed by atoms with Crippen LogP contribution in [0.5, 0.6) is 0 Å². The number of hydrogen-bond donors (Lipinski definition) is 1. The van der Waals surface area contributed by atoms with Gasteiger partial charge in [-0.3, -0.25) is 4.79 Å². The molecule has 0 bridgehead atoms. The van der Waals surface area contributed by atoms with Crippen LogP contribution in [0, 0.1) is 6.92 Å². The van der Waals surface area contributed by atoms with E-state index in [9.17, 15) is 9.59 Å². The van der Waals surface area contributed by atoms with Crippen molar-refractivity contribution in [3.63, 3.8) is 0 Å². The second-order valence-corrected chi connectivity index (χ2v) is 5.49. The third kappa shape index (κ3) is 2.88. The zero-order chi connectivity index (χ0) is 17.1. The molecule has 1 aromatic carbocycles. The van der Waals surface area contributed by atoms with Crippen molar-refractivity contribution in [3.8, 4) is 11.1 Å². The third-order valence-corrected chi connectivity index (χ3v) is 3.99. The molecule has 0 aliphatic heterocycles. The zero-order valence-electron chi connectivity index (χ0n) is 14.0. The van der Waals surface area contributed by atoms with Gasteiger partial charge in [-0.05, 0) is 38.3 Å². The summed E-state index contributed by atoms with van der Waals surface area (Å²) in [5.74, 6) is 0.114. The maximum atomic E-state index is 12.9. The highest BCUT2D eigenvalue weighted by Crippen LogP contribution is 2.27. The summed E-state index contributed by atoms with van der Waals surface area (Å²) in [6.07, 6.45) is 0.0536. The summed E-state index contributed by atoms with van der Waals surface area (Å²) in [6.45, 7) is 7.65. The molecule has 0 saturated heterocycles. The third-order valence-electron chi connectivity index (χ3n) is 3.99. The van der Waals surface area contributed by atoms with Gasteiger partial charge in [0.25, 0.3) is 5.56 Å². The van der Waals surface area contributed by atoms with Gasteiger partial charge in [-0.2, -0.15) is 4.68 Å². The van der Waals surface area contributed by atoms with Gasteiger partial charge in [0.1, 0.15) is 5.82 Å². The summed E-state index contributed by atoms with van der Waals surface area (Å²) in [7, 11) is 0. The Balaban J connectivity index is 2.78. The normalized spacial score (nSPS) is 12.2. The van der Waals surface area contributed by atoms with Crippen LogP contribution in [0.1, 0.15) is 38.8 Å². The number of benzene rings is 1. The Morgan fingerprint density at radius 2 is 1.96 bits per heavy atom. The number of ether oxygens (including phenoxy) is 1. The molecular weight excluding hydrogens is 294 g/mol. The van der Waals surface area contributed by atoms with Crippen molar-refractivity contribution in [1.29, 1.82) is 0 Å². The summed E-state index contributed by atoms with van der Waals surface area (Å²) < 4.78 is 7.60. The fourth-order valence-electron chi connectivity index (χ4n) is 2.58. The van der Waals surface area contributed by atoms with Gasteiger partial charge >= 0.3 is 6.09 Å². The Hall–Kier alpha value is -2.50. The molecule has 2 aromatic rings. The average Bonchev–Trinajstić information content (AvgIpc) is 2.78. The molecular formula is C17H23N3O3. The Kier molecular flexibility index (Phi) is 4.93. The topological polar surface area (TPSA) is 79.2 Å². The molecule has 0 saturated carbocycles. The molecule has 1 atom stereocenters. The number of aryl methyl sites for hydroxylation is 1. The summed E-state index contributed by atoms with van der Waals surface area (Å²) in [6, 6.07) is 7.30. The highest BCUT2D eigenvalue weighted by Gasteiger charge is 2.26. The van der Waals surface area contributed by atoms with E-state index in [-0.39, 0.29) is 24.0 Å². The second-order valence-electron chi connectivity index (χ2n) is 5.49. The van der Waals surface area contributed by atoms with Gasteiger partial charge < -0.3 is 10.5 Å². The molecule has 0 amide bonds. The standard InChI is InChI=1S/C17H23N3O3/c1-5-12(4)19-16(21)14(13-10-8-7-9-11(13)3)15(18)20(19)17(22)23-6-2/h7-10,12H,5-6,18H2,1-4H3. The first-order valence-corrected chi connectivity index (χ1v) is 7.80. The molecule has 2 N–H and O–H groups in total. The van der Waals surface area contributed by atoms with Gasteiger partial charge in [0.2, 0.25) is 0 Å². The molecule has 6 nitrogen and oxygen atoms in total. The number of aromatic nitrogens is 2. The molecule has 0 aliphatic rings. The molecule has 0 spiro atoms. The van der Waals surface area contributed by atoms with E-state index in [1.807, 2.05) is 45.0 Å². The molecule has 0 radical (unpaired) electrons. The number of anilines is 1. The highest BCUT2D eigenvalue weighted by atomic mass is 16.6.